The van der Waals surface area contributed by atoms with E-state index in [1.807, 2.05) is 36.4 Å². The maximum Gasteiger partial charge on any atom is 0.411 e. The standard InChI is InChI=1S/C23H23NO7/c1-27-15-5-6-16-14(11-24-19(22(25)30-4)12-31-23(24)26)7-13-8-20(28-2)21(29-3)10-17(13)18(16)9-15/h5-10,19H,11-12H2,1-4H3. The molecule has 0 spiro atoms. The number of carbonyl (C=O) groups excluding carboxylic acids is 2. The molecule has 8 nitrogen and oxygen atoms in total. The number of rotatable bonds is 6. The topological polar surface area (TPSA) is 83.5 Å². The van der Waals surface area contributed by atoms with Gasteiger partial charge in [-0.1, -0.05) is 6.07 Å². The van der Waals surface area contributed by atoms with Crippen molar-refractivity contribution in [3.8, 4) is 17.2 Å². The molecule has 0 saturated carbocycles. The van der Waals surface area contributed by atoms with E-state index < -0.39 is 18.1 Å². The van der Waals surface area contributed by atoms with Gasteiger partial charge >= 0.3 is 12.1 Å². The van der Waals surface area contributed by atoms with Crippen LogP contribution in [0.2, 0.25) is 0 Å². The van der Waals surface area contributed by atoms with Crippen LogP contribution in [-0.2, 0) is 20.8 Å². The molecule has 0 radical (unpaired) electrons. The molecule has 1 aliphatic heterocycles. The molecule has 3 aromatic rings. The van der Waals surface area contributed by atoms with Crippen molar-refractivity contribution >= 4 is 33.6 Å². The number of cyclic esters (lactones) is 1. The maximum atomic E-state index is 12.3. The highest BCUT2D eigenvalue weighted by Gasteiger charge is 2.39. The second-order valence-corrected chi connectivity index (χ2v) is 7.12. The average molecular weight is 425 g/mol. The Morgan fingerprint density at radius 2 is 1.71 bits per heavy atom. The first-order valence-electron chi connectivity index (χ1n) is 9.67. The van der Waals surface area contributed by atoms with Gasteiger partial charge in [0.05, 0.1) is 35.0 Å². The van der Waals surface area contributed by atoms with Gasteiger partial charge in [0, 0.05) is 0 Å². The van der Waals surface area contributed by atoms with Crippen molar-refractivity contribution < 1.29 is 33.3 Å². The van der Waals surface area contributed by atoms with E-state index in [1.165, 1.54) is 12.0 Å². The summed E-state index contributed by atoms with van der Waals surface area (Å²) in [4.78, 5) is 25.8. The van der Waals surface area contributed by atoms with Crippen molar-refractivity contribution in [3.63, 3.8) is 0 Å². The minimum absolute atomic E-state index is 0.0319. The summed E-state index contributed by atoms with van der Waals surface area (Å²) in [6, 6.07) is 10.7. The Morgan fingerprint density at radius 3 is 2.39 bits per heavy atom. The predicted octanol–water partition coefficient (Wildman–Crippen LogP) is 3.51. The minimum atomic E-state index is -0.785. The van der Waals surface area contributed by atoms with Gasteiger partial charge in [0.15, 0.2) is 17.5 Å². The Hall–Kier alpha value is -3.68. The Kier molecular flexibility index (Phi) is 5.46. The molecule has 1 unspecified atom stereocenters. The maximum absolute atomic E-state index is 12.3. The molecular formula is C23H23NO7. The fourth-order valence-corrected chi connectivity index (χ4v) is 3.94. The molecule has 1 atom stereocenters. The zero-order valence-corrected chi connectivity index (χ0v) is 17.8. The van der Waals surface area contributed by atoms with Gasteiger partial charge in [0.2, 0.25) is 0 Å². The highest BCUT2D eigenvalue weighted by Crippen LogP contribution is 2.39. The number of benzene rings is 3. The summed E-state index contributed by atoms with van der Waals surface area (Å²) in [6.07, 6.45) is -0.551. The third-order valence-corrected chi connectivity index (χ3v) is 5.54. The number of ether oxygens (including phenoxy) is 5. The van der Waals surface area contributed by atoms with Crippen LogP contribution in [0, 0.1) is 0 Å². The van der Waals surface area contributed by atoms with Crippen molar-refractivity contribution in [3.05, 3.63) is 42.0 Å². The molecule has 31 heavy (non-hydrogen) atoms. The van der Waals surface area contributed by atoms with Gasteiger partial charge < -0.3 is 23.7 Å². The molecule has 3 aromatic carbocycles. The molecule has 0 bridgehead atoms. The summed E-state index contributed by atoms with van der Waals surface area (Å²) in [5.41, 5.74) is 0.852. The summed E-state index contributed by atoms with van der Waals surface area (Å²) in [5.74, 6) is 1.40. The number of hydrogen-bond donors (Lipinski definition) is 0. The first-order chi connectivity index (χ1) is 15.0. The van der Waals surface area contributed by atoms with Crippen LogP contribution < -0.4 is 14.2 Å². The third-order valence-electron chi connectivity index (χ3n) is 5.54. The van der Waals surface area contributed by atoms with E-state index in [-0.39, 0.29) is 13.2 Å². The van der Waals surface area contributed by atoms with Crippen LogP contribution in [0.15, 0.2) is 36.4 Å². The van der Waals surface area contributed by atoms with Crippen LogP contribution in [0.3, 0.4) is 0 Å². The number of amides is 1. The number of nitrogens with zero attached hydrogens (tertiary/aromatic N) is 1. The van der Waals surface area contributed by atoms with E-state index in [4.69, 9.17) is 23.7 Å². The minimum Gasteiger partial charge on any atom is -0.497 e. The van der Waals surface area contributed by atoms with Crippen LogP contribution in [0.4, 0.5) is 4.79 Å². The van der Waals surface area contributed by atoms with Crippen LogP contribution in [0.1, 0.15) is 5.56 Å². The number of fused-ring (bicyclic) bond motifs is 3. The smallest absolute Gasteiger partial charge is 0.411 e. The quantitative estimate of drug-likeness (QED) is 0.441. The number of hydrogen-bond acceptors (Lipinski definition) is 7. The van der Waals surface area contributed by atoms with Gasteiger partial charge in [-0.2, -0.15) is 0 Å². The van der Waals surface area contributed by atoms with Crippen molar-refractivity contribution in [2.75, 3.05) is 35.0 Å². The van der Waals surface area contributed by atoms with E-state index in [0.717, 1.165) is 27.1 Å². The van der Waals surface area contributed by atoms with E-state index in [1.54, 1.807) is 21.3 Å². The second kappa shape index (κ2) is 8.22. The summed E-state index contributed by atoms with van der Waals surface area (Å²) in [7, 11) is 6.07. The Bertz CT molecular complexity index is 1170. The van der Waals surface area contributed by atoms with Gasteiger partial charge in [0.1, 0.15) is 12.4 Å². The van der Waals surface area contributed by atoms with Gasteiger partial charge in [-0.15, -0.1) is 0 Å². The molecule has 8 heteroatoms. The molecule has 0 aliphatic carbocycles. The average Bonchev–Trinajstić information content (AvgIpc) is 3.17. The molecule has 1 aliphatic rings. The van der Waals surface area contributed by atoms with Crippen molar-refractivity contribution in [1.29, 1.82) is 0 Å². The van der Waals surface area contributed by atoms with Gasteiger partial charge in [0.25, 0.3) is 0 Å². The molecular weight excluding hydrogens is 402 g/mol. The van der Waals surface area contributed by atoms with Crippen LogP contribution in [0.5, 0.6) is 17.2 Å². The lowest BCUT2D eigenvalue weighted by Gasteiger charge is -2.21. The number of methoxy groups -OCH3 is 4. The first kappa shape index (κ1) is 20.6. The summed E-state index contributed by atoms with van der Waals surface area (Å²) in [5, 5.41) is 3.69. The molecule has 4 rings (SSSR count). The van der Waals surface area contributed by atoms with E-state index in [9.17, 15) is 9.59 Å². The summed E-state index contributed by atoms with van der Waals surface area (Å²) in [6.45, 7) is 0.154. The van der Waals surface area contributed by atoms with E-state index >= 15 is 0 Å². The molecule has 1 saturated heterocycles. The Labute approximate surface area is 179 Å². The molecule has 0 aromatic heterocycles. The van der Waals surface area contributed by atoms with E-state index in [0.29, 0.717) is 17.2 Å². The van der Waals surface area contributed by atoms with Crippen LogP contribution >= 0.6 is 0 Å². The lowest BCUT2D eigenvalue weighted by Crippen LogP contribution is -2.39. The first-order valence-corrected chi connectivity index (χ1v) is 9.67. The lowest BCUT2D eigenvalue weighted by molar-refractivity contribution is -0.145. The number of esters is 1. The predicted molar refractivity (Wildman–Crippen MR) is 114 cm³/mol. The monoisotopic (exact) mass is 425 g/mol. The normalized spacial score (nSPS) is 15.8. The molecule has 1 heterocycles. The largest absolute Gasteiger partial charge is 0.497 e. The fraction of sp³-hybridized carbons (Fsp3) is 0.304. The Morgan fingerprint density at radius 1 is 0.968 bits per heavy atom. The highest BCUT2D eigenvalue weighted by atomic mass is 16.6. The Balaban J connectivity index is 1.91. The third kappa shape index (κ3) is 3.54. The van der Waals surface area contributed by atoms with E-state index in [2.05, 4.69) is 0 Å². The zero-order valence-electron chi connectivity index (χ0n) is 17.8. The fourth-order valence-electron chi connectivity index (χ4n) is 3.94. The molecule has 162 valence electrons. The van der Waals surface area contributed by atoms with Gasteiger partial charge in [-0.05, 0) is 57.4 Å². The van der Waals surface area contributed by atoms with Crippen LogP contribution in [0.25, 0.3) is 21.5 Å². The van der Waals surface area contributed by atoms with Crippen LogP contribution in [-0.4, -0.2) is 58.1 Å². The lowest BCUT2D eigenvalue weighted by atomic mass is 9.96. The second-order valence-electron chi connectivity index (χ2n) is 7.12. The highest BCUT2D eigenvalue weighted by molar-refractivity contribution is 6.10. The SMILES string of the molecule is COC(=O)C1COC(=O)N1Cc1cc2cc(OC)c(OC)cc2c2cc(OC)ccc12. The van der Waals surface area contributed by atoms with Crippen molar-refractivity contribution in [2.24, 2.45) is 0 Å². The van der Waals surface area contributed by atoms with Gasteiger partial charge in [-0.3, -0.25) is 4.90 Å². The summed E-state index contributed by atoms with van der Waals surface area (Å²) < 4.78 is 26.3. The molecule has 1 fully saturated rings. The summed E-state index contributed by atoms with van der Waals surface area (Å²) >= 11 is 0. The van der Waals surface area contributed by atoms with Crippen molar-refractivity contribution in [2.45, 2.75) is 12.6 Å². The number of carbonyl (C=O) groups is 2. The van der Waals surface area contributed by atoms with Gasteiger partial charge in [-0.25, -0.2) is 9.59 Å². The van der Waals surface area contributed by atoms with Crippen molar-refractivity contribution in [1.82, 2.24) is 4.90 Å². The molecule has 0 N–H and O–H groups in total. The zero-order chi connectivity index (χ0) is 22.1. The molecule has 1 amide bonds.